The molecule has 14 nitrogen and oxygen atoms in total. The smallest absolute Gasteiger partial charge is 0.486 e. The molecule has 15 heteroatoms. The zero-order valence-corrected chi connectivity index (χ0v) is 35.2. The fraction of sp³-hybridized carbons (Fsp3) is 0.756. The van der Waals surface area contributed by atoms with Gasteiger partial charge >= 0.3 is 25.3 Å². The first kappa shape index (κ1) is 42.1. The van der Waals surface area contributed by atoms with Crippen LogP contribution >= 0.6 is 0 Å². The Hall–Kier alpha value is -3.56. The fourth-order valence-electron chi connectivity index (χ4n) is 8.90. The number of hydrogen-bond acceptors (Lipinski definition) is 12. The van der Waals surface area contributed by atoms with E-state index in [-0.39, 0.29) is 60.2 Å². The maximum atomic E-state index is 14.0. The molecule has 0 aromatic heterocycles. The Kier molecular flexibility index (Phi) is 11.0. The molecule has 1 N–H and O–H groups in total. The second kappa shape index (κ2) is 14.7. The van der Waals surface area contributed by atoms with Gasteiger partial charge in [-0.05, 0) is 130 Å². The molecule has 6 atom stereocenters. The summed E-state index contributed by atoms with van der Waals surface area (Å²) in [6.45, 7) is 22.8. The zero-order valence-electron chi connectivity index (χ0n) is 35.2. The number of carbonyl (C=O) groups excluding carboxylic acids is 4. The molecule has 310 valence electrons. The van der Waals surface area contributed by atoms with Gasteiger partial charge in [0.1, 0.15) is 40.3 Å². The van der Waals surface area contributed by atoms with Crippen molar-refractivity contribution in [1.82, 2.24) is 9.80 Å². The van der Waals surface area contributed by atoms with Crippen molar-refractivity contribution in [2.24, 2.45) is 17.3 Å². The predicted molar refractivity (Wildman–Crippen MR) is 205 cm³/mol. The number of rotatable bonds is 8. The summed E-state index contributed by atoms with van der Waals surface area (Å²) in [6, 6.07) is 2.29. The number of aryl methyl sites for hydroxylation is 1. The van der Waals surface area contributed by atoms with Gasteiger partial charge in [0, 0.05) is 6.54 Å². The second-order valence-corrected chi connectivity index (χ2v) is 19.9. The van der Waals surface area contributed by atoms with Crippen molar-refractivity contribution in [2.75, 3.05) is 19.6 Å². The van der Waals surface area contributed by atoms with Gasteiger partial charge in [0.15, 0.2) is 5.75 Å². The van der Waals surface area contributed by atoms with Crippen LogP contribution in [0.5, 0.6) is 11.5 Å². The minimum absolute atomic E-state index is 0.00102. The summed E-state index contributed by atoms with van der Waals surface area (Å²) in [6.07, 6.45) is -0.172. The van der Waals surface area contributed by atoms with Crippen molar-refractivity contribution < 1.29 is 57.3 Å². The number of benzene rings is 1. The highest BCUT2D eigenvalue weighted by Gasteiger charge is 2.67. The lowest BCUT2D eigenvalue weighted by Crippen LogP contribution is -2.65. The van der Waals surface area contributed by atoms with E-state index in [9.17, 15) is 24.3 Å². The van der Waals surface area contributed by atoms with Crippen LogP contribution in [-0.4, -0.2) is 113 Å². The van der Waals surface area contributed by atoms with Gasteiger partial charge in [-0.25, -0.2) is 14.4 Å². The highest BCUT2D eigenvalue weighted by Crippen LogP contribution is 2.65. The minimum atomic E-state index is -1.09. The van der Waals surface area contributed by atoms with Gasteiger partial charge < -0.3 is 43.0 Å². The van der Waals surface area contributed by atoms with Gasteiger partial charge in [0.25, 0.3) is 0 Å². The molecule has 2 bridgehead atoms. The van der Waals surface area contributed by atoms with Crippen molar-refractivity contribution >= 4 is 31.2 Å². The van der Waals surface area contributed by atoms with E-state index in [2.05, 4.69) is 20.8 Å². The standard InChI is InChI=1S/C41H61BN2O12/c1-37(2,3)52-34(47)30-27(50-25-21-43(22-25)33(46)31-26(45)16-18-44(31)35(48)53-38(4,5)6)14-13-23(32(30)51-36(49)54-39(7,8)9)15-17-42-55-29-20-24-19-28(40(24,10)11)41(29,12)56-42/h13-14,24-26,28-29,31,45H,15-22H2,1-12H3/t24-,26+,28-,29+,31-,41-/m0/s1. The molecule has 6 aliphatic rings. The molecule has 1 aromatic carbocycles. The molecule has 56 heavy (non-hydrogen) atoms. The van der Waals surface area contributed by atoms with E-state index in [1.54, 1.807) is 74.4 Å². The average Bonchev–Trinajstić information content (AvgIpc) is 3.57. The first-order valence-electron chi connectivity index (χ1n) is 20.0. The predicted octanol–water partition coefficient (Wildman–Crippen LogP) is 6.19. The van der Waals surface area contributed by atoms with E-state index in [1.807, 2.05) is 0 Å². The van der Waals surface area contributed by atoms with Crippen LogP contribution in [0.3, 0.4) is 0 Å². The Morgan fingerprint density at radius 2 is 1.55 bits per heavy atom. The molecule has 3 heterocycles. The molecule has 7 rings (SSSR count). The van der Waals surface area contributed by atoms with E-state index in [0.717, 1.165) is 12.8 Å². The Morgan fingerprint density at radius 1 is 0.911 bits per heavy atom. The largest absolute Gasteiger partial charge is 0.514 e. The van der Waals surface area contributed by atoms with Gasteiger partial charge in [-0.2, -0.15) is 0 Å². The van der Waals surface area contributed by atoms with Crippen molar-refractivity contribution in [3.63, 3.8) is 0 Å². The summed E-state index contributed by atoms with van der Waals surface area (Å²) in [5.74, 6) is -0.142. The van der Waals surface area contributed by atoms with Crippen LogP contribution in [0.1, 0.15) is 118 Å². The lowest BCUT2D eigenvalue weighted by atomic mass is 9.43. The molecule has 6 fully saturated rings. The maximum Gasteiger partial charge on any atom is 0.514 e. The topological polar surface area (TPSA) is 160 Å². The lowest BCUT2D eigenvalue weighted by Gasteiger charge is -2.64. The van der Waals surface area contributed by atoms with E-state index in [1.165, 1.54) is 9.80 Å². The number of likely N-dealkylation sites (tertiary alicyclic amines) is 2. The molecular weight excluding hydrogens is 723 g/mol. The highest BCUT2D eigenvalue weighted by molar-refractivity contribution is 6.45. The first-order chi connectivity index (χ1) is 25.8. The number of esters is 1. The first-order valence-corrected chi connectivity index (χ1v) is 20.0. The number of aliphatic hydroxyl groups excluding tert-OH is 1. The van der Waals surface area contributed by atoms with Crippen LogP contribution in [0, 0.1) is 17.3 Å². The number of hydrogen-bond donors (Lipinski definition) is 1. The van der Waals surface area contributed by atoms with E-state index in [4.69, 9.17) is 33.0 Å². The molecule has 3 saturated carbocycles. The molecular formula is C41H61BN2O12. The Balaban J connectivity index is 1.22. The fourth-order valence-corrected chi connectivity index (χ4v) is 8.90. The van der Waals surface area contributed by atoms with Gasteiger partial charge in [-0.3, -0.25) is 9.69 Å². The summed E-state index contributed by atoms with van der Waals surface area (Å²) in [5.41, 5.74) is -2.30. The highest BCUT2D eigenvalue weighted by atomic mass is 16.7. The number of nitrogens with zero attached hydrogens (tertiary/aromatic N) is 2. The molecule has 1 aromatic rings. The van der Waals surface area contributed by atoms with Crippen molar-refractivity contribution in [3.8, 4) is 11.5 Å². The van der Waals surface area contributed by atoms with Gasteiger partial charge in [0.2, 0.25) is 5.91 Å². The van der Waals surface area contributed by atoms with Crippen LogP contribution < -0.4 is 9.47 Å². The lowest BCUT2D eigenvalue weighted by molar-refractivity contribution is -0.199. The molecule has 3 aliphatic carbocycles. The van der Waals surface area contributed by atoms with Crippen LogP contribution in [0.25, 0.3) is 0 Å². The molecule has 3 saturated heterocycles. The van der Waals surface area contributed by atoms with Gasteiger partial charge in [-0.1, -0.05) is 19.9 Å². The van der Waals surface area contributed by atoms with Crippen LogP contribution in [-0.2, 0) is 34.7 Å². The normalized spacial score (nSPS) is 28.5. The zero-order chi connectivity index (χ0) is 41.3. The Bertz CT molecular complexity index is 1710. The van der Waals surface area contributed by atoms with E-state index < -0.39 is 66.3 Å². The number of aliphatic hydroxyl groups is 1. The molecule has 0 unspecified atom stereocenters. The summed E-state index contributed by atoms with van der Waals surface area (Å²) < 4.78 is 42.2. The third kappa shape index (κ3) is 8.64. The van der Waals surface area contributed by atoms with E-state index in [0.29, 0.717) is 30.1 Å². The molecule has 0 radical (unpaired) electrons. The summed E-state index contributed by atoms with van der Waals surface area (Å²) in [4.78, 5) is 56.6. The van der Waals surface area contributed by atoms with Gasteiger partial charge in [0.05, 0.1) is 30.9 Å². The molecule has 0 spiro atoms. The van der Waals surface area contributed by atoms with Gasteiger partial charge in [-0.15, -0.1) is 0 Å². The third-order valence-electron chi connectivity index (χ3n) is 11.7. The number of amides is 2. The maximum absolute atomic E-state index is 14.0. The van der Waals surface area contributed by atoms with Crippen LogP contribution in [0.15, 0.2) is 12.1 Å². The quantitative estimate of drug-likeness (QED) is 0.138. The van der Waals surface area contributed by atoms with Crippen molar-refractivity contribution in [1.29, 1.82) is 0 Å². The third-order valence-corrected chi connectivity index (χ3v) is 11.7. The molecule has 2 amide bonds. The van der Waals surface area contributed by atoms with Crippen LogP contribution in [0.2, 0.25) is 6.32 Å². The Labute approximate surface area is 331 Å². The SMILES string of the molecule is CC(C)(C)OC(=O)Oc1c(CCB2O[C@@H]3C[C@@H]4C[C@@H](C4(C)C)[C@]3(C)O2)ccc(OC2CN(C(=O)[C@@H]3[C@H](O)CCN3C(=O)OC(C)(C)C)C2)c1C(=O)OC(C)(C)C. The van der Waals surface area contributed by atoms with Crippen LogP contribution in [0.4, 0.5) is 9.59 Å². The summed E-state index contributed by atoms with van der Waals surface area (Å²) >= 11 is 0. The van der Waals surface area contributed by atoms with E-state index >= 15 is 0 Å². The number of carbonyl (C=O) groups is 4. The minimum Gasteiger partial charge on any atom is -0.486 e. The summed E-state index contributed by atoms with van der Waals surface area (Å²) in [7, 11) is -0.487. The number of ether oxygens (including phenoxy) is 5. The molecule has 3 aliphatic heterocycles. The monoisotopic (exact) mass is 784 g/mol. The Morgan fingerprint density at radius 3 is 2.16 bits per heavy atom. The second-order valence-electron chi connectivity index (χ2n) is 19.9. The summed E-state index contributed by atoms with van der Waals surface area (Å²) in [5, 5.41) is 10.7. The average molecular weight is 785 g/mol. The van der Waals surface area contributed by atoms with Crippen molar-refractivity contribution in [2.45, 2.75) is 162 Å². The van der Waals surface area contributed by atoms with Crippen molar-refractivity contribution in [3.05, 3.63) is 23.3 Å².